The minimum Gasteiger partial charge on any atom is -0.497 e. The topological polar surface area (TPSA) is 93.7 Å². The van der Waals surface area contributed by atoms with Crippen molar-refractivity contribution in [2.24, 2.45) is 0 Å². The quantitative estimate of drug-likeness (QED) is 0.709. The molecule has 1 atom stereocenters. The van der Waals surface area contributed by atoms with Crippen LogP contribution in [0.25, 0.3) is 0 Å². The molecular weight excluding hydrogens is 372 g/mol. The van der Waals surface area contributed by atoms with E-state index in [0.717, 1.165) is 0 Å². The van der Waals surface area contributed by atoms with Crippen molar-refractivity contribution in [2.75, 3.05) is 19.0 Å². The minimum absolute atomic E-state index is 0.343. The van der Waals surface area contributed by atoms with Crippen molar-refractivity contribution in [3.63, 3.8) is 0 Å². The van der Waals surface area contributed by atoms with Gasteiger partial charge in [-0.05, 0) is 49.4 Å². The number of methoxy groups -OCH3 is 1. The van der Waals surface area contributed by atoms with Crippen LogP contribution in [0, 0.1) is 0 Å². The van der Waals surface area contributed by atoms with E-state index in [1.54, 1.807) is 48.5 Å². The van der Waals surface area contributed by atoms with E-state index in [4.69, 9.17) is 21.1 Å². The number of rotatable bonds is 7. The lowest BCUT2D eigenvalue weighted by Gasteiger charge is -2.14. The molecule has 8 heteroatoms. The number of nitrogens with one attached hydrogen (secondary N) is 2. The van der Waals surface area contributed by atoms with Gasteiger partial charge in [-0.3, -0.25) is 14.4 Å². The number of hydrogen-bond acceptors (Lipinski definition) is 5. The van der Waals surface area contributed by atoms with Gasteiger partial charge in [0.1, 0.15) is 12.3 Å². The smallest absolute Gasteiger partial charge is 0.326 e. The highest BCUT2D eigenvalue weighted by atomic mass is 35.5. The maximum atomic E-state index is 12.0. The Morgan fingerprint density at radius 1 is 1.11 bits per heavy atom. The highest BCUT2D eigenvalue weighted by Gasteiger charge is 2.18. The van der Waals surface area contributed by atoms with Gasteiger partial charge >= 0.3 is 5.97 Å². The molecule has 0 aliphatic carbocycles. The van der Waals surface area contributed by atoms with Crippen LogP contribution in [-0.2, 0) is 14.3 Å². The van der Waals surface area contributed by atoms with Gasteiger partial charge in [-0.1, -0.05) is 17.7 Å². The van der Waals surface area contributed by atoms with Gasteiger partial charge in [0.05, 0.1) is 7.11 Å². The number of carbonyl (C=O) groups is 3. The average Bonchev–Trinajstić information content (AvgIpc) is 2.67. The molecule has 0 aromatic heterocycles. The summed E-state index contributed by atoms with van der Waals surface area (Å²) in [7, 11) is 1.49. The van der Waals surface area contributed by atoms with E-state index in [1.165, 1.54) is 14.0 Å². The van der Waals surface area contributed by atoms with Crippen LogP contribution in [0.2, 0.25) is 5.02 Å². The second kappa shape index (κ2) is 9.59. The molecule has 0 spiro atoms. The zero-order chi connectivity index (χ0) is 19.8. The lowest BCUT2D eigenvalue weighted by molar-refractivity contribution is -0.152. The molecule has 7 nitrogen and oxygen atoms in total. The maximum absolute atomic E-state index is 12.0. The summed E-state index contributed by atoms with van der Waals surface area (Å²) in [6.07, 6.45) is -1.03. The number of anilines is 1. The van der Waals surface area contributed by atoms with Crippen molar-refractivity contribution < 1.29 is 23.9 Å². The van der Waals surface area contributed by atoms with Crippen LogP contribution in [0.1, 0.15) is 17.3 Å². The van der Waals surface area contributed by atoms with Gasteiger partial charge in [-0.25, -0.2) is 0 Å². The largest absolute Gasteiger partial charge is 0.497 e. The zero-order valence-corrected chi connectivity index (χ0v) is 15.6. The van der Waals surface area contributed by atoms with Crippen molar-refractivity contribution in [3.05, 3.63) is 59.1 Å². The molecule has 142 valence electrons. The summed E-state index contributed by atoms with van der Waals surface area (Å²) in [5, 5.41) is 5.58. The fourth-order valence-electron chi connectivity index (χ4n) is 2.09. The Bertz CT molecular complexity index is 823. The molecule has 2 N–H and O–H groups in total. The van der Waals surface area contributed by atoms with E-state index in [0.29, 0.717) is 22.0 Å². The van der Waals surface area contributed by atoms with Crippen molar-refractivity contribution in [2.45, 2.75) is 13.0 Å². The molecule has 0 saturated heterocycles. The summed E-state index contributed by atoms with van der Waals surface area (Å²) < 4.78 is 10.1. The lowest BCUT2D eigenvalue weighted by Crippen LogP contribution is -2.35. The van der Waals surface area contributed by atoms with Crippen LogP contribution in [0.15, 0.2) is 48.5 Å². The molecule has 0 unspecified atom stereocenters. The highest BCUT2D eigenvalue weighted by molar-refractivity contribution is 6.30. The third-order valence-electron chi connectivity index (χ3n) is 3.51. The number of halogens is 1. The van der Waals surface area contributed by atoms with E-state index in [2.05, 4.69) is 10.6 Å². The van der Waals surface area contributed by atoms with Crippen molar-refractivity contribution in [1.29, 1.82) is 0 Å². The van der Waals surface area contributed by atoms with E-state index in [1.807, 2.05) is 0 Å². The molecule has 0 radical (unpaired) electrons. The Morgan fingerprint density at radius 3 is 2.48 bits per heavy atom. The van der Waals surface area contributed by atoms with Gasteiger partial charge in [0.25, 0.3) is 11.8 Å². The van der Waals surface area contributed by atoms with Crippen LogP contribution in [-0.4, -0.2) is 37.5 Å². The molecule has 0 saturated carbocycles. The number of amides is 2. The average molecular weight is 391 g/mol. The second-order valence-electron chi connectivity index (χ2n) is 5.54. The molecule has 27 heavy (non-hydrogen) atoms. The monoisotopic (exact) mass is 390 g/mol. The number of esters is 1. The van der Waals surface area contributed by atoms with Crippen LogP contribution in [0.4, 0.5) is 5.69 Å². The molecule has 0 bridgehead atoms. The predicted molar refractivity (Wildman–Crippen MR) is 101 cm³/mol. The Morgan fingerprint density at radius 2 is 1.81 bits per heavy atom. The van der Waals surface area contributed by atoms with Crippen LogP contribution >= 0.6 is 11.6 Å². The number of benzene rings is 2. The molecule has 2 aromatic rings. The molecule has 2 rings (SSSR count). The molecule has 0 aliphatic rings. The predicted octanol–water partition coefficient (Wildman–Crippen LogP) is 2.65. The standard InChI is InChI=1S/C19H19ClN2O5/c1-12(18(24)22-15-8-6-14(20)7-9-15)27-17(23)11-21-19(25)13-4-3-5-16(10-13)26-2/h3-10,12H,11H2,1-2H3,(H,21,25)(H,22,24)/t12-/m1/s1. The van der Waals surface area contributed by atoms with Gasteiger partial charge in [-0.2, -0.15) is 0 Å². The Hall–Kier alpha value is -3.06. The van der Waals surface area contributed by atoms with E-state index in [9.17, 15) is 14.4 Å². The summed E-state index contributed by atoms with van der Waals surface area (Å²) in [5.41, 5.74) is 0.870. The molecule has 2 aromatic carbocycles. The first-order valence-electron chi connectivity index (χ1n) is 8.07. The zero-order valence-electron chi connectivity index (χ0n) is 14.8. The second-order valence-corrected chi connectivity index (χ2v) is 5.98. The third-order valence-corrected chi connectivity index (χ3v) is 3.77. The first-order valence-corrected chi connectivity index (χ1v) is 8.45. The Balaban J connectivity index is 1.80. The fraction of sp³-hybridized carbons (Fsp3) is 0.211. The number of hydrogen-bond donors (Lipinski definition) is 2. The van der Waals surface area contributed by atoms with Crippen LogP contribution in [0.5, 0.6) is 5.75 Å². The lowest BCUT2D eigenvalue weighted by atomic mass is 10.2. The van der Waals surface area contributed by atoms with Gasteiger partial charge in [0.15, 0.2) is 6.10 Å². The van der Waals surface area contributed by atoms with Crippen molar-refractivity contribution in [1.82, 2.24) is 5.32 Å². The Labute approximate surface area is 161 Å². The fourth-order valence-corrected chi connectivity index (χ4v) is 2.21. The summed E-state index contributed by atoms with van der Waals surface area (Å²) in [4.78, 5) is 35.9. The number of carbonyl (C=O) groups excluding carboxylic acids is 3. The number of ether oxygens (including phenoxy) is 2. The van der Waals surface area contributed by atoms with Gasteiger partial charge < -0.3 is 20.1 Å². The third kappa shape index (κ3) is 6.31. The SMILES string of the molecule is COc1cccc(C(=O)NCC(=O)O[C@H](C)C(=O)Nc2ccc(Cl)cc2)c1. The van der Waals surface area contributed by atoms with E-state index in [-0.39, 0.29) is 6.54 Å². The summed E-state index contributed by atoms with van der Waals surface area (Å²) in [6, 6.07) is 13.0. The van der Waals surface area contributed by atoms with E-state index < -0.39 is 23.9 Å². The summed E-state index contributed by atoms with van der Waals surface area (Å²) in [5.74, 6) is -1.16. The molecule has 0 heterocycles. The first kappa shape index (κ1) is 20.3. The van der Waals surface area contributed by atoms with Gasteiger partial charge in [-0.15, -0.1) is 0 Å². The van der Waals surface area contributed by atoms with Gasteiger partial charge in [0.2, 0.25) is 0 Å². The van der Waals surface area contributed by atoms with E-state index >= 15 is 0 Å². The molecule has 2 amide bonds. The van der Waals surface area contributed by atoms with Crippen molar-refractivity contribution >= 4 is 35.1 Å². The first-order chi connectivity index (χ1) is 12.9. The molecule has 0 aliphatic heterocycles. The van der Waals surface area contributed by atoms with Crippen molar-refractivity contribution in [3.8, 4) is 5.75 Å². The van der Waals surface area contributed by atoms with Crippen LogP contribution < -0.4 is 15.4 Å². The summed E-state index contributed by atoms with van der Waals surface area (Å²) >= 11 is 5.78. The maximum Gasteiger partial charge on any atom is 0.326 e. The van der Waals surface area contributed by atoms with Gasteiger partial charge in [0, 0.05) is 16.3 Å². The highest BCUT2D eigenvalue weighted by Crippen LogP contribution is 2.14. The minimum atomic E-state index is -1.03. The Kier molecular flexibility index (Phi) is 7.19. The molecular formula is C19H19ClN2O5. The normalized spacial score (nSPS) is 11.2. The van der Waals surface area contributed by atoms with Crippen LogP contribution in [0.3, 0.4) is 0 Å². The summed E-state index contributed by atoms with van der Waals surface area (Å²) in [6.45, 7) is 1.07. The molecule has 0 fully saturated rings.